The summed E-state index contributed by atoms with van der Waals surface area (Å²) in [5, 5.41) is 20.9. The fourth-order valence-electron chi connectivity index (χ4n) is 3.14. The van der Waals surface area contributed by atoms with Gasteiger partial charge in [0.05, 0.1) is 17.1 Å². The summed E-state index contributed by atoms with van der Waals surface area (Å²) in [5.41, 5.74) is 3.68. The maximum absolute atomic E-state index is 12.7. The molecule has 0 aliphatic rings. The van der Waals surface area contributed by atoms with Crippen LogP contribution in [0.4, 0.5) is 5.69 Å². The minimum absolute atomic E-state index is 0.121. The highest BCUT2D eigenvalue weighted by Crippen LogP contribution is 2.27. The molecule has 2 heterocycles. The molecule has 9 nitrogen and oxygen atoms in total. The highest BCUT2D eigenvalue weighted by Gasteiger charge is 2.21. The number of hydrogen-bond donors (Lipinski definition) is 2. The van der Waals surface area contributed by atoms with Crippen molar-refractivity contribution in [1.29, 1.82) is 0 Å². The number of aromatic carboxylic acids is 1. The number of hydrogen-bond acceptors (Lipinski definition) is 5. The van der Waals surface area contributed by atoms with Gasteiger partial charge in [-0.05, 0) is 63.9 Å². The van der Waals surface area contributed by atoms with Gasteiger partial charge in [0, 0.05) is 11.2 Å². The van der Waals surface area contributed by atoms with Crippen LogP contribution in [0.5, 0.6) is 5.75 Å². The van der Waals surface area contributed by atoms with Crippen LogP contribution in [-0.2, 0) is 11.5 Å². The van der Waals surface area contributed by atoms with Crippen LogP contribution in [0.25, 0.3) is 0 Å². The smallest absolute Gasteiger partial charge is 0.356 e. The third-order valence-corrected chi connectivity index (χ3v) is 5.59. The van der Waals surface area contributed by atoms with E-state index in [4.69, 9.17) is 21.4 Å². The fourth-order valence-corrected chi connectivity index (χ4v) is 3.25. The second kappa shape index (κ2) is 8.81. The Morgan fingerprint density at radius 2 is 1.84 bits per heavy atom. The van der Waals surface area contributed by atoms with Gasteiger partial charge in [-0.3, -0.25) is 9.48 Å². The number of nitrogens with zero attached hydrogens (tertiary/aromatic N) is 4. The lowest BCUT2D eigenvalue weighted by molar-refractivity contribution is -0.119. The molecule has 0 spiro atoms. The van der Waals surface area contributed by atoms with E-state index in [0.29, 0.717) is 22.2 Å². The number of aryl methyl sites for hydroxylation is 3. The van der Waals surface area contributed by atoms with Gasteiger partial charge in [0.2, 0.25) is 5.91 Å². The third-order valence-electron chi connectivity index (χ3n) is 5.00. The van der Waals surface area contributed by atoms with Gasteiger partial charge in [-0.1, -0.05) is 11.6 Å². The van der Waals surface area contributed by atoms with Crippen molar-refractivity contribution in [3.8, 4) is 5.75 Å². The molecule has 2 N–H and O–H groups in total. The van der Waals surface area contributed by atoms with Crippen molar-refractivity contribution in [2.75, 3.05) is 5.32 Å². The number of nitrogens with one attached hydrogen (secondary N) is 1. The van der Waals surface area contributed by atoms with Gasteiger partial charge in [-0.2, -0.15) is 10.2 Å². The first-order valence-corrected chi connectivity index (χ1v) is 9.99. The van der Waals surface area contributed by atoms with Gasteiger partial charge >= 0.3 is 5.97 Å². The minimum Gasteiger partial charge on any atom is -0.476 e. The Kier molecular flexibility index (Phi) is 6.35. The Morgan fingerprint density at radius 3 is 2.42 bits per heavy atom. The lowest BCUT2D eigenvalue weighted by atomic mass is 10.1. The molecule has 1 atom stereocenters. The molecule has 0 saturated carbocycles. The van der Waals surface area contributed by atoms with Crippen LogP contribution in [0.3, 0.4) is 0 Å². The molecule has 0 fully saturated rings. The number of amides is 1. The first-order valence-electron chi connectivity index (χ1n) is 9.61. The Morgan fingerprint density at radius 1 is 1.19 bits per heavy atom. The predicted octanol–water partition coefficient (Wildman–Crippen LogP) is 3.90. The average molecular weight is 446 g/mol. The van der Waals surface area contributed by atoms with Gasteiger partial charge in [-0.25, -0.2) is 9.48 Å². The van der Waals surface area contributed by atoms with Gasteiger partial charge in [-0.15, -0.1) is 0 Å². The summed E-state index contributed by atoms with van der Waals surface area (Å²) < 4.78 is 8.83. The molecule has 3 aromatic rings. The van der Waals surface area contributed by atoms with E-state index in [1.165, 1.54) is 16.9 Å². The molecule has 31 heavy (non-hydrogen) atoms. The average Bonchev–Trinajstić information content (AvgIpc) is 3.31. The van der Waals surface area contributed by atoms with Gasteiger partial charge in [0.1, 0.15) is 11.8 Å². The minimum atomic E-state index is -1.15. The zero-order valence-electron chi connectivity index (χ0n) is 17.9. The molecule has 1 aromatic carbocycles. The number of benzene rings is 1. The molecule has 0 radical (unpaired) electrons. The van der Waals surface area contributed by atoms with Crippen molar-refractivity contribution >= 4 is 29.2 Å². The topological polar surface area (TPSA) is 111 Å². The normalized spacial score (nSPS) is 11.9. The zero-order chi connectivity index (χ0) is 22.9. The Bertz CT molecular complexity index is 1130. The summed E-state index contributed by atoms with van der Waals surface area (Å²) in [6.45, 7) is 9.25. The molecule has 1 amide bonds. The Balaban J connectivity index is 1.72. The van der Waals surface area contributed by atoms with E-state index >= 15 is 0 Å². The number of carboxylic acid groups (broad SMARTS) is 1. The molecular weight excluding hydrogens is 422 g/mol. The van der Waals surface area contributed by atoms with E-state index in [0.717, 1.165) is 16.8 Å². The lowest BCUT2D eigenvalue weighted by Gasteiger charge is -2.13. The van der Waals surface area contributed by atoms with E-state index in [1.54, 1.807) is 18.5 Å². The van der Waals surface area contributed by atoms with Crippen molar-refractivity contribution in [3.05, 3.63) is 57.6 Å². The summed E-state index contributed by atoms with van der Waals surface area (Å²) in [6.07, 6.45) is 1.46. The lowest BCUT2D eigenvalue weighted by Crippen LogP contribution is -2.25. The van der Waals surface area contributed by atoms with Crippen LogP contribution in [0.1, 0.15) is 46.0 Å². The number of ether oxygens (including phenoxy) is 1. The van der Waals surface area contributed by atoms with Crippen molar-refractivity contribution in [2.45, 2.75) is 47.4 Å². The highest BCUT2D eigenvalue weighted by atomic mass is 35.5. The second-order valence-electron chi connectivity index (χ2n) is 7.34. The van der Waals surface area contributed by atoms with Crippen molar-refractivity contribution in [2.24, 2.45) is 0 Å². The van der Waals surface area contributed by atoms with Crippen LogP contribution >= 0.6 is 11.6 Å². The van der Waals surface area contributed by atoms with Crippen molar-refractivity contribution in [1.82, 2.24) is 19.6 Å². The number of halogens is 1. The molecule has 1 unspecified atom stereocenters. The molecular formula is C21H24ClN5O4. The predicted molar refractivity (Wildman–Crippen MR) is 116 cm³/mol. The SMILES string of the molecule is Cc1cc(OCn2nc(C)c(NC(=O)C(C)n3ccc(C(=O)O)n3)c2C)cc(C)c1Cl. The summed E-state index contributed by atoms with van der Waals surface area (Å²) in [4.78, 5) is 23.7. The fraction of sp³-hybridized carbons (Fsp3) is 0.333. The van der Waals surface area contributed by atoms with E-state index in [1.807, 2.05) is 32.9 Å². The van der Waals surface area contributed by atoms with Crippen LogP contribution < -0.4 is 10.1 Å². The monoisotopic (exact) mass is 445 g/mol. The first kappa shape index (κ1) is 22.4. The largest absolute Gasteiger partial charge is 0.476 e. The standard InChI is InChI=1S/C21H24ClN5O4/c1-11-8-16(9-12(2)18(11)22)31-10-27-14(4)19(13(3)24-27)23-20(28)15(5)26-7-6-17(25-26)21(29)30/h6-9,15H,10H2,1-5H3,(H,23,28)(H,29,30). The van der Waals surface area contributed by atoms with E-state index in [-0.39, 0.29) is 18.3 Å². The molecule has 2 aromatic heterocycles. The van der Waals surface area contributed by atoms with E-state index in [9.17, 15) is 9.59 Å². The van der Waals surface area contributed by atoms with Crippen LogP contribution in [-0.4, -0.2) is 36.5 Å². The molecule has 0 bridgehead atoms. The maximum atomic E-state index is 12.7. The number of rotatable bonds is 7. The number of carbonyl (C=O) groups is 2. The van der Waals surface area contributed by atoms with Crippen molar-refractivity contribution in [3.63, 3.8) is 0 Å². The third kappa shape index (κ3) is 4.72. The van der Waals surface area contributed by atoms with Crippen LogP contribution in [0, 0.1) is 27.7 Å². The number of aromatic nitrogens is 4. The van der Waals surface area contributed by atoms with Crippen LogP contribution in [0.15, 0.2) is 24.4 Å². The van der Waals surface area contributed by atoms with Gasteiger partial charge in [0.15, 0.2) is 12.4 Å². The zero-order valence-corrected chi connectivity index (χ0v) is 18.7. The summed E-state index contributed by atoms with van der Waals surface area (Å²) >= 11 is 6.20. The molecule has 3 rings (SSSR count). The van der Waals surface area contributed by atoms with Gasteiger partial charge in [0.25, 0.3) is 0 Å². The second-order valence-corrected chi connectivity index (χ2v) is 7.72. The highest BCUT2D eigenvalue weighted by molar-refractivity contribution is 6.32. The van der Waals surface area contributed by atoms with E-state index in [2.05, 4.69) is 15.5 Å². The summed E-state index contributed by atoms with van der Waals surface area (Å²) in [6, 6.07) is 4.37. The molecule has 0 aliphatic heterocycles. The molecule has 164 valence electrons. The van der Waals surface area contributed by atoms with Crippen LogP contribution in [0.2, 0.25) is 5.02 Å². The van der Waals surface area contributed by atoms with E-state index < -0.39 is 12.0 Å². The quantitative estimate of drug-likeness (QED) is 0.570. The maximum Gasteiger partial charge on any atom is 0.356 e. The molecule has 0 saturated heterocycles. The van der Waals surface area contributed by atoms with Crippen molar-refractivity contribution < 1.29 is 19.4 Å². The summed E-state index contributed by atoms with van der Waals surface area (Å²) in [7, 11) is 0. The Labute approximate surface area is 184 Å². The number of carboxylic acids is 1. The van der Waals surface area contributed by atoms with Gasteiger partial charge < -0.3 is 15.2 Å². The number of anilines is 1. The first-order chi connectivity index (χ1) is 14.6. The molecule has 10 heteroatoms. The summed E-state index contributed by atoms with van der Waals surface area (Å²) in [5.74, 6) is -0.805. The Hall–Kier alpha value is -3.33. The number of carbonyl (C=O) groups excluding carboxylic acids is 1. The molecule has 0 aliphatic carbocycles.